The van der Waals surface area contributed by atoms with Crippen LogP contribution in [-0.2, 0) is 9.47 Å². The van der Waals surface area contributed by atoms with E-state index in [0.29, 0.717) is 0 Å². The number of methoxy groups -OCH3 is 1. The van der Waals surface area contributed by atoms with E-state index >= 15 is 0 Å². The van der Waals surface area contributed by atoms with Crippen molar-refractivity contribution in [1.82, 2.24) is 0 Å². The zero-order chi connectivity index (χ0) is 12.6. The number of hydrogen-bond donors (Lipinski definition) is 0. The van der Waals surface area contributed by atoms with Crippen molar-refractivity contribution in [1.29, 1.82) is 0 Å². The van der Waals surface area contributed by atoms with Crippen LogP contribution >= 0.6 is 0 Å². The summed E-state index contributed by atoms with van der Waals surface area (Å²) in [7, 11) is 1.68. The maximum absolute atomic E-state index is 4.83. The average Bonchev–Trinajstić information content (AvgIpc) is 2.32. The van der Waals surface area contributed by atoms with E-state index in [1.165, 1.54) is 5.56 Å². The van der Waals surface area contributed by atoms with Crippen LogP contribution in [0.3, 0.4) is 0 Å². The Kier molecular flexibility index (Phi) is 18.2. The molecule has 1 aromatic carbocycles. The molecule has 1 rings (SSSR count). The molecule has 0 unspecified atom stereocenters. The molecule has 2 heteroatoms. The highest BCUT2D eigenvalue weighted by Crippen LogP contribution is 1.92. The molecule has 0 aliphatic carbocycles. The monoisotopic (exact) mass is 226 g/mol. The quantitative estimate of drug-likeness (QED) is 0.782. The van der Waals surface area contributed by atoms with Gasteiger partial charge in [-0.2, -0.15) is 0 Å². The van der Waals surface area contributed by atoms with Crippen LogP contribution < -0.4 is 0 Å². The largest absolute Gasteiger partial charge is 0.385 e. The summed E-state index contributed by atoms with van der Waals surface area (Å²) in [6.45, 7) is 10.5. The summed E-state index contributed by atoms with van der Waals surface area (Å²) in [5.41, 5.74) is 1.32. The lowest BCUT2D eigenvalue weighted by molar-refractivity contribution is 0.162. The number of ether oxygens (including phenoxy) is 2. The summed E-state index contributed by atoms with van der Waals surface area (Å²) in [6, 6.07) is 10.3. The summed E-state index contributed by atoms with van der Waals surface area (Å²) in [5, 5.41) is 0. The van der Waals surface area contributed by atoms with Gasteiger partial charge < -0.3 is 9.47 Å². The summed E-state index contributed by atoms with van der Waals surface area (Å²) in [4.78, 5) is 0. The first kappa shape index (κ1) is 17.5. The van der Waals surface area contributed by atoms with Gasteiger partial charge in [0.25, 0.3) is 0 Å². The molecule has 0 aromatic heterocycles. The van der Waals surface area contributed by atoms with E-state index in [0.717, 1.165) is 19.8 Å². The smallest absolute Gasteiger partial charge is 0.0437 e. The zero-order valence-electron chi connectivity index (χ0n) is 11.3. The van der Waals surface area contributed by atoms with Crippen LogP contribution in [-0.4, -0.2) is 26.9 Å². The first-order chi connectivity index (χ1) is 7.72. The van der Waals surface area contributed by atoms with Crippen LogP contribution in [0, 0.1) is 6.92 Å². The summed E-state index contributed by atoms with van der Waals surface area (Å²) in [5.74, 6) is 0. The molecule has 0 heterocycles. The van der Waals surface area contributed by atoms with Crippen molar-refractivity contribution in [3.63, 3.8) is 0 Å². The van der Waals surface area contributed by atoms with Crippen LogP contribution in [0.2, 0.25) is 0 Å². The second-order valence-corrected chi connectivity index (χ2v) is 3.01. The molecule has 0 spiro atoms. The second-order valence-electron chi connectivity index (χ2n) is 3.01. The van der Waals surface area contributed by atoms with Gasteiger partial charge in [0.05, 0.1) is 0 Å². The Morgan fingerprint density at radius 1 is 0.875 bits per heavy atom. The Labute approximate surface area is 101 Å². The molecule has 0 atom stereocenters. The van der Waals surface area contributed by atoms with Gasteiger partial charge in [0.1, 0.15) is 0 Å². The molecule has 94 valence electrons. The standard InChI is InChI=1S/C7H8.C4H10O.C3H8O/c1-7-5-3-2-4-6-7;1-3-5-4-2;1-3-4-2/h2-6H,1H3;3-4H2,1-2H3;3H2,1-2H3. The highest BCUT2D eigenvalue weighted by atomic mass is 16.5. The van der Waals surface area contributed by atoms with E-state index < -0.39 is 0 Å². The van der Waals surface area contributed by atoms with Gasteiger partial charge in [-0.25, -0.2) is 0 Å². The van der Waals surface area contributed by atoms with Gasteiger partial charge in [-0.1, -0.05) is 35.9 Å². The third-order valence-corrected chi connectivity index (χ3v) is 1.64. The molecule has 0 saturated carbocycles. The topological polar surface area (TPSA) is 18.5 Å². The minimum absolute atomic E-state index is 0.819. The number of aryl methyl sites for hydroxylation is 1. The third-order valence-electron chi connectivity index (χ3n) is 1.64. The molecule has 0 fully saturated rings. The Bertz CT molecular complexity index is 193. The lowest BCUT2D eigenvalue weighted by atomic mass is 10.2. The van der Waals surface area contributed by atoms with Gasteiger partial charge in [-0.05, 0) is 27.7 Å². The maximum atomic E-state index is 4.83. The maximum Gasteiger partial charge on any atom is 0.0437 e. The molecule has 1 aromatic rings. The number of hydrogen-bond acceptors (Lipinski definition) is 2. The lowest BCUT2D eigenvalue weighted by Crippen LogP contribution is -1.84. The van der Waals surface area contributed by atoms with Gasteiger partial charge in [0.2, 0.25) is 0 Å². The molecule has 16 heavy (non-hydrogen) atoms. The fraction of sp³-hybridized carbons (Fsp3) is 0.571. The SMILES string of the molecule is CCOC.CCOCC.Cc1ccccc1. The normalized spacial score (nSPS) is 8.31. The van der Waals surface area contributed by atoms with Crippen LogP contribution in [0.4, 0.5) is 0 Å². The molecule has 0 bridgehead atoms. The van der Waals surface area contributed by atoms with Crippen molar-refractivity contribution in [2.45, 2.75) is 27.7 Å². The average molecular weight is 226 g/mol. The molecule has 0 aliphatic rings. The van der Waals surface area contributed by atoms with Gasteiger partial charge >= 0.3 is 0 Å². The van der Waals surface area contributed by atoms with E-state index in [-0.39, 0.29) is 0 Å². The van der Waals surface area contributed by atoms with E-state index in [2.05, 4.69) is 23.8 Å². The van der Waals surface area contributed by atoms with Crippen LogP contribution in [0.25, 0.3) is 0 Å². The van der Waals surface area contributed by atoms with Crippen molar-refractivity contribution in [2.75, 3.05) is 26.9 Å². The molecule has 2 nitrogen and oxygen atoms in total. The lowest BCUT2D eigenvalue weighted by Gasteiger charge is -1.86. The number of benzene rings is 1. The molecular formula is C14H26O2. The highest BCUT2D eigenvalue weighted by molar-refractivity contribution is 5.11. The van der Waals surface area contributed by atoms with Crippen LogP contribution in [0.15, 0.2) is 30.3 Å². The molecule has 0 aliphatic heterocycles. The van der Waals surface area contributed by atoms with E-state index in [4.69, 9.17) is 4.74 Å². The van der Waals surface area contributed by atoms with Crippen molar-refractivity contribution in [3.8, 4) is 0 Å². The predicted octanol–water partition coefficient (Wildman–Crippen LogP) is 3.69. The van der Waals surface area contributed by atoms with Crippen molar-refractivity contribution in [3.05, 3.63) is 35.9 Å². The third kappa shape index (κ3) is 18.8. The van der Waals surface area contributed by atoms with Gasteiger partial charge in [0.15, 0.2) is 0 Å². The molecule has 0 radical (unpaired) electrons. The molecule has 0 N–H and O–H groups in total. The Morgan fingerprint density at radius 2 is 1.31 bits per heavy atom. The number of rotatable bonds is 3. The summed E-state index contributed by atoms with van der Waals surface area (Å²) in [6.07, 6.45) is 0. The van der Waals surface area contributed by atoms with E-state index in [1.807, 2.05) is 39.0 Å². The Balaban J connectivity index is 0. The summed E-state index contributed by atoms with van der Waals surface area (Å²) >= 11 is 0. The summed E-state index contributed by atoms with van der Waals surface area (Å²) < 4.78 is 9.38. The highest BCUT2D eigenvalue weighted by Gasteiger charge is 1.72. The van der Waals surface area contributed by atoms with Crippen LogP contribution in [0.5, 0.6) is 0 Å². The zero-order valence-corrected chi connectivity index (χ0v) is 11.3. The van der Waals surface area contributed by atoms with Crippen LogP contribution in [0.1, 0.15) is 26.3 Å². The van der Waals surface area contributed by atoms with Crippen molar-refractivity contribution in [2.24, 2.45) is 0 Å². The molecule has 0 amide bonds. The Morgan fingerprint density at radius 3 is 1.44 bits per heavy atom. The Hall–Kier alpha value is -0.860. The van der Waals surface area contributed by atoms with Gasteiger partial charge in [-0.15, -0.1) is 0 Å². The van der Waals surface area contributed by atoms with Gasteiger partial charge in [-0.3, -0.25) is 0 Å². The minimum atomic E-state index is 0.819. The van der Waals surface area contributed by atoms with E-state index in [9.17, 15) is 0 Å². The fourth-order valence-corrected chi connectivity index (χ4v) is 0.739. The minimum Gasteiger partial charge on any atom is -0.385 e. The molecule has 0 saturated heterocycles. The van der Waals surface area contributed by atoms with Crippen molar-refractivity contribution < 1.29 is 9.47 Å². The van der Waals surface area contributed by atoms with E-state index in [1.54, 1.807) is 7.11 Å². The fourth-order valence-electron chi connectivity index (χ4n) is 0.739. The predicted molar refractivity (Wildman–Crippen MR) is 70.9 cm³/mol. The van der Waals surface area contributed by atoms with Crippen molar-refractivity contribution >= 4 is 0 Å². The first-order valence-corrected chi connectivity index (χ1v) is 5.81. The van der Waals surface area contributed by atoms with Gasteiger partial charge in [0, 0.05) is 26.9 Å². The first-order valence-electron chi connectivity index (χ1n) is 5.81. The molecular weight excluding hydrogens is 200 g/mol. The second kappa shape index (κ2) is 16.6.